The fraction of sp³-hybridized carbons (Fsp3) is 0.0667. The van der Waals surface area contributed by atoms with E-state index in [1.165, 1.54) is 38.5 Å². The van der Waals surface area contributed by atoms with Crippen LogP contribution in [0.1, 0.15) is 31.8 Å². The molecule has 8 heteroatoms. The number of hydrogen-bond donors (Lipinski definition) is 2. The summed E-state index contributed by atoms with van der Waals surface area (Å²) in [6.45, 7) is 0. The van der Waals surface area contributed by atoms with Crippen molar-refractivity contribution in [2.45, 2.75) is 0 Å². The van der Waals surface area contributed by atoms with Crippen molar-refractivity contribution >= 4 is 34.8 Å². The molecule has 0 heterocycles. The number of carbonyl (C=O) groups excluding carboxylic acids is 4. The van der Waals surface area contributed by atoms with Crippen molar-refractivity contribution in [3.63, 3.8) is 0 Å². The molecule has 2 amide bonds. The Labute approximate surface area is 219 Å². The minimum Gasteiger partial charge on any atom is -0.497 e. The lowest BCUT2D eigenvalue weighted by Gasteiger charge is -2.14. The van der Waals surface area contributed by atoms with E-state index in [4.69, 9.17) is 9.47 Å². The summed E-state index contributed by atoms with van der Waals surface area (Å²) in [6.07, 6.45) is 0. The van der Waals surface area contributed by atoms with Gasteiger partial charge < -0.3 is 20.1 Å². The van der Waals surface area contributed by atoms with Crippen molar-refractivity contribution in [2.24, 2.45) is 0 Å². The molecule has 0 aliphatic heterocycles. The molecule has 0 saturated heterocycles. The van der Waals surface area contributed by atoms with Crippen LogP contribution < -0.4 is 20.1 Å². The molecule has 0 fully saturated rings. The maximum absolute atomic E-state index is 13.1. The van der Waals surface area contributed by atoms with Gasteiger partial charge in [0.25, 0.3) is 0 Å². The standard InChI is InChI=1S/C30H24N2O6/c1-37-21-13-15-25(23(17-21)27(33)19-9-5-3-6-10-19)31-29(35)30(36)32-26-16-14-22(38-2)18-24(26)28(34)20-11-7-4-8-12-20/h3-18H,1-2H3,(H,31,35)(H,32,36). The Balaban J connectivity index is 1.59. The predicted octanol–water partition coefficient (Wildman–Crippen LogP) is 4.74. The van der Waals surface area contributed by atoms with Gasteiger partial charge in [-0.2, -0.15) is 0 Å². The van der Waals surface area contributed by atoms with E-state index in [1.54, 1.807) is 72.8 Å². The number of methoxy groups -OCH3 is 2. The number of ketones is 2. The first-order valence-electron chi connectivity index (χ1n) is 11.6. The Kier molecular flexibility index (Phi) is 7.93. The lowest BCUT2D eigenvalue weighted by atomic mass is 10.0. The molecule has 0 saturated carbocycles. The summed E-state index contributed by atoms with van der Waals surface area (Å²) in [6, 6.07) is 26.1. The van der Waals surface area contributed by atoms with E-state index < -0.39 is 11.8 Å². The van der Waals surface area contributed by atoms with Gasteiger partial charge in [0.15, 0.2) is 11.6 Å². The zero-order valence-electron chi connectivity index (χ0n) is 20.7. The second-order valence-corrected chi connectivity index (χ2v) is 8.12. The Morgan fingerprint density at radius 3 is 1.24 bits per heavy atom. The Morgan fingerprint density at radius 2 is 0.895 bits per heavy atom. The first kappa shape index (κ1) is 25.8. The maximum atomic E-state index is 13.1. The van der Waals surface area contributed by atoms with E-state index in [1.807, 2.05) is 0 Å². The van der Waals surface area contributed by atoms with Gasteiger partial charge in [-0.25, -0.2) is 0 Å². The van der Waals surface area contributed by atoms with Gasteiger partial charge >= 0.3 is 11.8 Å². The normalized spacial score (nSPS) is 10.3. The van der Waals surface area contributed by atoms with Crippen LogP contribution in [0.5, 0.6) is 11.5 Å². The van der Waals surface area contributed by atoms with Gasteiger partial charge in [0.05, 0.1) is 25.6 Å². The minimum atomic E-state index is -1.02. The van der Waals surface area contributed by atoms with Crippen molar-refractivity contribution in [1.82, 2.24) is 0 Å². The molecule has 4 aromatic rings. The molecule has 4 aromatic carbocycles. The molecule has 8 nitrogen and oxygen atoms in total. The van der Waals surface area contributed by atoms with Crippen LogP contribution in [0, 0.1) is 0 Å². The van der Waals surface area contributed by atoms with Crippen LogP contribution in [0.3, 0.4) is 0 Å². The van der Waals surface area contributed by atoms with Gasteiger partial charge in [0.1, 0.15) is 11.5 Å². The fourth-order valence-electron chi connectivity index (χ4n) is 3.74. The van der Waals surface area contributed by atoms with E-state index in [9.17, 15) is 19.2 Å². The highest BCUT2D eigenvalue weighted by Gasteiger charge is 2.22. The third-order valence-corrected chi connectivity index (χ3v) is 5.72. The van der Waals surface area contributed by atoms with Crippen LogP contribution in [0.25, 0.3) is 0 Å². The van der Waals surface area contributed by atoms with Crippen LogP contribution in [-0.2, 0) is 9.59 Å². The summed E-state index contributed by atoms with van der Waals surface area (Å²) in [5.74, 6) is -1.93. The average Bonchev–Trinajstić information content (AvgIpc) is 2.97. The van der Waals surface area contributed by atoms with Crippen LogP contribution in [0.15, 0.2) is 97.1 Å². The van der Waals surface area contributed by atoms with E-state index in [-0.39, 0.29) is 34.1 Å². The van der Waals surface area contributed by atoms with Gasteiger partial charge in [-0.3, -0.25) is 19.2 Å². The third-order valence-electron chi connectivity index (χ3n) is 5.72. The van der Waals surface area contributed by atoms with Crippen molar-refractivity contribution in [1.29, 1.82) is 0 Å². The molecule has 0 aliphatic rings. The van der Waals surface area contributed by atoms with Crippen LogP contribution >= 0.6 is 0 Å². The zero-order chi connectivity index (χ0) is 27.1. The van der Waals surface area contributed by atoms with Gasteiger partial charge in [-0.15, -0.1) is 0 Å². The summed E-state index contributed by atoms with van der Waals surface area (Å²) < 4.78 is 10.5. The highest BCUT2D eigenvalue weighted by Crippen LogP contribution is 2.27. The fourth-order valence-corrected chi connectivity index (χ4v) is 3.74. The van der Waals surface area contributed by atoms with Crippen molar-refractivity contribution < 1.29 is 28.7 Å². The monoisotopic (exact) mass is 508 g/mol. The molecule has 0 atom stereocenters. The Hall–Kier alpha value is -5.24. The molecule has 38 heavy (non-hydrogen) atoms. The largest absolute Gasteiger partial charge is 0.497 e. The number of hydrogen-bond acceptors (Lipinski definition) is 6. The molecule has 4 rings (SSSR count). The van der Waals surface area contributed by atoms with Crippen LogP contribution in [0.2, 0.25) is 0 Å². The summed E-state index contributed by atoms with van der Waals surface area (Å²) in [4.78, 5) is 52.0. The summed E-state index contributed by atoms with van der Waals surface area (Å²) in [5.41, 5.74) is 1.39. The Bertz CT molecular complexity index is 1390. The van der Waals surface area contributed by atoms with Gasteiger partial charge in [-0.05, 0) is 36.4 Å². The predicted molar refractivity (Wildman–Crippen MR) is 143 cm³/mol. The molecule has 190 valence electrons. The highest BCUT2D eigenvalue weighted by atomic mass is 16.5. The van der Waals surface area contributed by atoms with Gasteiger partial charge in [0.2, 0.25) is 0 Å². The van der Waals surface area contributed by atoms with E-state index in [0.717, 1.165) is 0 Å². The topological polar surface area (TPSA) is 111 Å². The smallest absolute Gasteiger partial charge is 0.314 e. The average molecular weight is 509 g/mol. The molecule has 0 unspecified atom stereocenters. The summed E-state index contributed by atoms with van der Waals surface area (Å²) in [5, 5.41) is 5.00. The summed E-state index contributed by atoms with van der Waals surface area (Å²) in [7, 11) is 2.92. The Morgan fingerprint density at radius 1 is 0.526 bits per heavy atom. The number of benzene rings is 4. The lowest BCUT2D eigenvalue weighted by Crippen LogP contribution is -2.30. The zero-order valence-corrected chi connectivity index (χ0v) is 20.7. The second-order valence-electron chi connectivity index (χ2n) is 8.12. The first-order valence-corrected chi connectivity index (χ1v) is 11.6. The second kappa shape index (κ2) is 11.7. The molecule has 0 radical (unpaired) electrons. The quantitative estimate of drug-likeness (QED) is 0.263. The van der Waals surface area contributed by atoms with E-state index in [2.05, 4.69) is 10.6 Å². The van der Waals surface area contributed by atoms with Gasteiger partial charge in [0, 0.05) is 22.3 Å². The molecular formula is C30H24N2O6. The number of ether oxygens (including phenoxy) is 2. The SMILES string of the molecule is COc1ccc(NC(=O)C(=O)Nc2ccc(OC)cc2C(=O)c2ccccc2)c(C(=O)c2ccccc2)c1. The number of carbonyl (C=O) groups is 4. The third kappa shape index (κ3) is 5.76. The van der Waals surface area contributed by atoms with Crippen LogP contribution in [0.4, 0.5) is 11.4 Å². The molecule has 2 N–H and O–H groups in total. The first-order chi connectivity index (χ1) is 18.4. The number of rotatable bonds is 8. The maximum Gasteiger partial charge on any atom is 0.314 e. The minimum absolute atomic E-state index is 0.134. The van der Waals surface area contributed by atoms with E-state index >= 15 is 0 Å². The van der Waals surface area contributed by atoms with Gasteiger partial charge in [-0.1, -0.05) is 60.7 Å². The summed E-state index contributed by atoms with van der Waals surface area (Å²) >= 11 is 0. The van der Waals surface area contributed by atoms with Crippen LogP contribution in [-0.4, -0.2) is 37.6 Å². The molecule has 0 aromatic heterocycles. The number of anilines is 2. The van der Waals surface area contributed by atoms with Crippen molar-refractivity contribution in [2.75, 3.05) is 24.9 Å². The molecular weight excluding hydrogens is 484 g/mol. The molecule has 0 spiro atoms. The highest BCUT2D eigenvalue weighted by molar-refractivity contribution is 6.44. The van der Waals surface area contributed by atoms with E-state index in [0.29, 0.717) is 22.6 Å². The van der Waals surface area contributed by atoms with Crippen molar-refractivity contribution in [3.8, 4) is 11.5 Å². The lowest BCUT2D eigenvalue weighted by molar-refractivity contribution is -0.133. The van der Waals surface area contributed by atoms with Crippen molar-refractivity contribution in [3.05, 3.63) is 119 Å². The number of nitrogens with one attached hydrogen (secondary N) is 2. The molecule has 0 aliphatic carbocycles. The number of amides is 2. The molecule has 0 bridgehead atoms.